The number of aryl methyl sites for hydroxylation is 2. The molecule has 1 heterocycles. The lowest BCUT2D eigenvalue weighted by molar-refractivity contribution is -0.125. The van der Waals surface area contributed by atoms with Crippen molar-refractivity contribution in [3.05, 3.63) is 57.8 Å². The molecule has 0 fully saturated rings. The molecular formula is C17H18N2O2S2. The Morgan fingerprint density at radius 3 is 2.48 bits per heavy atom. The summed E-state index contributed by atoms with van der Waals surface area (Å²) in [5.41, 5.74) is 5.95. The van der Waals surface area contributed by atoms with Crippen LogP contribution in [0, 0.1) is 13.8 Å². The molecule has 2 N–H and O–H groups in total. The summed E-state index contributed by atoms with van der Waals surface area (Å²) in [6.07, 6.45) is 3.12. The fourth-order valence-electron chi connectivity index (χ4n) is 1.69. The molecule has 2 rings (SSSR count). The monoisotopic (exact) mass is 346 g/mol. The molecule has 0 aliphatic rings. The first-order chi connectivity index (χ1) is 11.0. The lowest BCUT2D eigenvalue weighted by Crippen LogP contribution is -2.41. The van der Waals surface area contributed by atoms with Crippen LogP contribution in [-0.4, -0.2) is 17.6 Å². The minimum Gasteiger partial charge on any atom is -0.272 e. The van der Waals surface area contributed by atoms with Gasteiger partial charge < -0.3 is 0 Å². The Morgan fingerprint density at radius 2 is 1.83 bits per heavy atom. The molecule has 4 nitrogen and oxygen atoms in total. The number of hydrazine groups is 1. The first-order valence-corrected chi connectivity index (χ1v) is 8.86. The number of amides is 2. The highest BCUT2D eigenvalue weighted by Gasteiger charge is 2.04. The zero-order valence-corrected chi connectivity index (χ0v) is 14.6. The standard InChI is InChI=1S/C17H18N2O2S2/c1-12-3-6-14(7-4-12)22-11-17(21)19-18-16(20)10-9-15-8-5-13(2)23-15/h3-10H,11H2,1-2H3,(H,18,20)(H,19,21)/b10-9+. The van der Waals surface area contributed by atoms with E-state index in [1.165, 1.54) is 28.3 Å². The van der Waals surface area contributed by atoms with E-state index in [1.54, 1.807) is 17.4 Å². The highest BCUT2D eigenvalue weighted by molar-refractivity contribution is 8.00. The summed E-state index contributed by atoms with van der Waals surface area (Å²) < 4.78 is 0. The lowest BCUT2D eigenvalue weighted by Gasteiger charge is -2.05. The largest absolute Gasteiger partial charge is 0.272 e. The number of thiophene rings is 1. The van der Waals surface area contributed by atoms with E-state index in [4.69, 9.17) is 0 Å². The van der Waals surface area contributed by atoms with E-state index < -0.39 is 0 Å². The third kappa shape index (κ3) is 6.30. The molecule has 23 heavy (non-hydrogen) atoms. The second-order valence-electron chi connectivity index (χ2n) is 4.92. The Morgan fingerprint density at radius 1 is 1.09 bits per heavy atom. The molecule has 0 aliphatic heterocycles. The van der Waals surface area contributed by atoms with Crippen molar-refractivity contribution in [2.75, 3.05) is 5.75 Å². The number of benzene rings is 1. The molecule has 2 amide bonds. The maximum Gasteiger partial charge on any atom is 0.262 e. The van der Waals surface area contributed by atoms with Gasteiger partial charge in [0.25, 0.3) is 5.91 Å². The van der Waals surface area contributed by atoms with Gasteiger partial charge in [-0.25, -0.2) is 0 Å². The summed E-state index contributed by atoms with van der Waals surface area (Å²) in [6.45, 7) is 4.02. The van der Waals surface area contributed by atoms with Gasteiger partial charge in [0.2, 0.25) is 5.91 Å². The molecule has 0 bridgehead atoms. The van der Waals surface area contributed by atoms with Crippen molar-refractivity contribution >= 4 is 41.0 Å². The minimum atomic E-state index is -0.357. The van der Waals surface area contributed by atoms with Gasteiger partial charge in [-0.1, -0.05) is 17.7 Å². The van der Waals surface area contributed by atoms with Crippen LogP contribution in [0.15, 0.2) is 47.4 Å². The van der Waals surface area contributed by atoms with Crippen LogP contribution in [0.1, 0.15) is 15.3 Å². The van der Waals surface area contributed by atoms with E-state index in [0.29, 0.717) is 0 Å². The van der Waals surface area contributed by atoms with Gasteiger partial charge in [-0.2, -0.15) is 0 Å². The second kappa shape index (κ2) is 8.55. The summed E-state index contributed by atoms with van der Waals surface area (Å²) in [7, 11) is 0. The first kappa shape index (κ1) is 17.3. The summed E-state index contributed by atoms with van der Waals surface area (Å²) in [5, 5.41) is 0. The fraction of sp³-hybridized carbons (Fsp3) is 0.176. The SMILES string of the molecule is Cc1ccc(SCC(=O)NNC(=O)/C=C/c2ccc(C)s2)cc1. The molecule has 6 heteroatoms. The van der Waals surface area contributed by atoms with Crippen molar-refractivity contribution in [1.82, 2.24) is 10.9 Å². The number of carbonyl (C=O) groups excluding carboxylic acids is 2. The maximum atomic E-state index is 11.7. The normalized spacial score (nSPS) is 10.7. The molecule has 0 aliphatic carbocycles. The van der Waals surface area contributed by atoms with Crippen LogP contribution in [0.5, 0.6) is 0 Å². The topological polar surface area (TPSA) is 58.2 Å². The van der Waals surface area contributed by atoms with Gasteiger partial charge in [0, 0.05) is 20.7 Å². The van der Waals surface area contributed by atoms with Crippen molar-refractivity contribution in [2.24, 2.45) is 0 Å². The van der Waals surface area contributed by atoms with Crippen LogP contribution in [0.3, 0.4) is 0 Å². The molecule has 0 spiro atoms. The van der Waals surface area contributed by atoms with Crippen molar-refractivity contribution in [3.8, 4) is 0 Å². The second-order valence-corrected chi connectivity index (χ2v) is 7.29. The average Bonchev–Trinajstić information content (AvgIpc) is 2.96. The molecular weight excluding hydrogens is 328 g/mol. The number of carbonyl (C=O) groups is 2. The molecule has 0 atom stereocenters. The van der Waals surface area contributed by atoms with Gasteiger partial charge in [0.1, 0.15) is 0 Å². The Balaban J connectivity index is 1.70. The summed E-state index contributed by atoms with van der Waals surface area (Å²) >= 11 is 3.03. The van der Waals surface area contributed by atoms with Crippen LogP contribution < -0.4 is 10.9 Å². The number of thioether (sulfide) groups is 1. The van der Waals surface area contributed by atoms with Crippen molar-refractivity contribution in [2.45, 2.75) is 18.7 Å². The number of hydrogen-bond acceptors (Lipinski definition) is 4. The fourth-order valence-corrected chi connectivity index (χ4v) is 3.17. The molecule has 0 unspecified atom stereocenters. The third-order valence-corrected chi connectivity index (χ3v) is 4.85. The zero-order chi connectivity index (χ0) is 16.7. The Labute approximate surface area is 144 Å². The van der Waals surface area contributed by atoms with Crippen LogP contribution >= 0.6 is 23.1 Å². The molecule has 1 aromatic heterocycles. The van der Waals surface area contributed by atoms with Crippen molar-refractivity contribution < 1.29 is 9.59 Å². The van der Waals surface area contributed by atoms with Gasteiger partial charge in [0.05, 0.1) is 5.75 Å². The van der Waals surface area contributed by atoms with Crippen LogP contribution in [0.25, 0.3) is 6.08 Å². The molecule has 1 aromatic carbocycles. The van der Waals surface area contributed by atoms with Gasteiger partial charge >= 0.3 is 0 Å². The average molecular weight is 346 g/mol. The minimum absolute atomic E-state index is 0.246. The molecule has 0 saturated heterocycles. The van der Waals surface area contributed by atoms with E-state index in [9.17, 15) is 9.59 Å². The highest BCUT2D eigenvalue weighted by atomic mass is 32.2. The quantitative estimate of drug-likeness (QED) is 0.496. The van der Waals surface area contributed by atoms with Crippen molar-refractivity contribution in [3.63, 3.8) is 0 Å². The molecule has 0 radical (unpaired) electrons. The van der Waals surface area contributed by atoms with Crippen LogP contribution in [0.2, 0.25) is 0 Å². The van der Waals surface area contributed by atoms with E-state index in [1.807, 2.05) is 50.2 Å². The predicted octanol–water partition coefficient (Wildman–Crippen LogP) is 3.32. The van der Waals surface area contributed by atoms with E-state index in [2.05, 4.69) is 10.9 Å². The Kier molecular flexibility index (Phi) is 6.43. The van der Waals surface area contributed by atoms with Gasteiger partial charge in [-0.3, -0.25) is 20.4 Å². The van der Waals surface area contributed by atoms with Gasteiger partial charge in [-0.15, -0.1) is 23.1 Å². The summed E-state index contributed by atoms with van der Waals surface area (Å²) in [6, 6.07) is 11.9. The predicted molar refractivity (Wildman–Crippen MR) is 96.3 cm³/mol. The summed E-state index contributed by atoms with van der Waals surface area (Å²) in [5.74, 6) is -0.356. The third-order valence-electron chi connectivity index (χ3n) is 2.88. The molecule has 2 aromatic rings. The Hall–Kier alpha value is -2.05. The first-order valence-electron chi connectivity index (χ1n) is 7.06. The summed E-state index contributed by atoms with van der Waals surface area (Å²) in [4.78, 5) is 26.5. The van der Waals surface area contributed by atoms with Gasteiger partial charge in [-0.05, 0) is 44.2 Å². The smallest absolute Gasteiger partial charge is 0.262 e. The number of rotatable bonds is 5. The highest BCUT2D eigenvalue weighted by Crippen LogP contribution is 2.17. The lowest BCUT2D eigenvalue weighted by atomic mass is 10.2. The van der Waals surface area contributed by atoms with E-state index in [-0.39, 0.29) is 17.6 Å². The Bertz CT molecular complexity index is 706. The van der Waals surface area contributed by atoms with Crippen LogP contribution in [-0.2, 0) is 9.59 Å². The molecule has 120 valence electrons. The number of hydrogen-bond donors (Lipinski definition) is 2. The molecule has 0 saturated carbocycles. The zero-order valence-electron chi connectivity index (χ0n) is 13.0. The van der Waals surface area contributed by atoms with E-state index >= 15 is 0 Å². The van der Waals surface area contributed by atoms with Crippen LogP contribution in [0.4, 0.5) is 0 Å². The van der Waals surface area contributed by atoms with Gasteiger partial charge in [0.15, 0.2) is 0 Å². The van der Waals surface area contributed by atoms with E-state index in [0.717, 1.165) is 9.77 Å². The number of nitrogens with one attached hydrogen (secondary N) is 2. The maximum absolute atomic E-state index is 11.7. The van der Waals surface area contributed by atoms with Crippen molar-refractivity contribution in [1.29, 1.82) is 0 Å².